The van der Waals surface area contributed by atoms with Crippen LogP contribution in [0.5, 0.6) is 0 Å². The summed E-state index contributed by atoms with van der Waals surface area (Å²) < 4.78 is 0. The molecule has 1 aliphatic rings. The molecule has 5 nitrogen and oxygen atoms in total. The molecule has 1 aliphatic heterocycles. The van der Waals surface area contributed by atoms with E-state index in [2.05, 4.69) is 9.97 Å². The lowest BCUT2D eigenvalue weighted by Crippen LogP contribution is -2.46. The first-order valence-electron chi connectivity index (χ1n) is 5.45. The Morgan fingerprint density at radius 2 is 2.44 bits per heavy atom. The number of hydrogen-bond acceptors (Lipinski definition) is 4. The van der Waals surface area contributed by atoms with Gasteiger partial charge in [-0.25, -0.2) is 9.97 Å². The van der Waals surface area contributed by atoms with E-state index in [9.17, 15) is 4.79 Å². The molecule has 0 bridgehead atoms. The Morgan fingerprint density at radius 1 is 1.62 bits per heavy atom. The van der Waals surface area contributed by atoms with Crippen LogP contribution < -0.4 is 4.90 Å². The Labute approximate surface area is 94.1 Å². The van der Waals surface area contributed by atoms with Crippen molar-refractivity contribution in [2.45, 2.75) is 25.8 Å². The highest BCUT2D eigenvalue weighted by molar-refractivity contribution is 5.72. The number of piperidine rings is 1. The van der Waals surface area contributed by atoms with Crippen molar-refractivity contribution < 1.29 is 9.90 Å². The minimum Gasteiger partial charge on any atom is -0.481 e. The van der Waals surface area contributed by atoms with Crippen molar-refractivity contribution in [2.24, 2.45) is 5.92 Å². The van der Waals surface area contributed by atoms with Crippen LogP contribution in [0.2, 0.25) is 0 Å². The van der Waals surface area contributed by atoms with E-state index in [1.807, 2.05) is 17.9 Å². The average molecular weight is 221 g/mol. The van der Waals surface area contributed by atoms with Gasteiger partial charge >= 0.3 is 5.97 Å². The molecule has 16 heavy (non-hydrogen) atoms. The van der Waals surface area contributed by atoms with Crippen molar-refractivity contribution in [3.8, 4) is 0 Å². The Balaban J connectivity index is 2.19. The van der Waals surface area contributed by atoms with Crippen LogP contribution in [0.25, 0.3) is 0 Å². The van der Waals surface area contributed by atoms with E-state index in [4.69, 9.17) is 5.11 Å². The molecule has 1 fully saturated rings. The second-order valence-corrected chi connectivity index (χ2v) is 4.09. The second kappa shape index (κ2) is 4.47. The quantitative estimate of drug-likeness (QED) is 0.811. The van der Waals surface area contributed by atoms with E-state index >= 15 is 0 Å². The summed E-state index contributed by atoms with van der Waals surface area (Å²) in [6.07, 6.45) is 4.81. The zero-order valence-electron chi connectivity index (χ0n) is 9.21. The summed E-state index contributed by atoms with van der Waals surface area (Å²) in [5.41, 5.74) is 0. The Bertz CT molecular complexity index is 369. The summed E-state index contributed by atoms with van der Waals surface area (Å²) in [5.74, 6) is -0.205. The van der Waals surface area contributed by atoms with E-state index in [1.54, 1.807) is 6.20 Å². The number of rotatable bonds is 2. The van der Waals surface area contributed by atoms with Gasteiger partial charge in [-0.3, -0.25) is 4.79 Å². The fourth-order valence-corrected chi connectivity index (χ4v) is 2.25. The number of hydrogen-bond donors (Lipinski definition) is 1. The summed E-state index contributed by atoms with van der Waals surface area (Å²) in [7, 11) is 0. The third kappa shape index (κ3) is 1.98. The van der Waals surface area contributed by atoms with Crippen LogP contribution in [0, 0.1) is 5.92 Å². The highest BCUT2D eigenvalue weighted by atomic mass is 16.4. The minimum atomic E-state index is -0.716. The number of carbonyl (C=O) groups is 1. The molecule has 0 saturated carbocycles. The van der Waals surface area contributed by atoms with Crippen LogP contribution in [0.3, 0.4) is 0 Å². The number of anilines is 1. The topological polar surface area (TPSA) is 66.3 Å². The van der Waals surface area contributed by atoms with Gasteiger partial charge in [0.25, 0.3) is 0 Å². The van der Waals surface area contributed by atoms with Crippen LogP contribution in [-0.2, 0) is 4.79 Å². The summed E-state index contributed by atoms with van der Waals surface area (Å²) in [5, 5.41) is 9.11. The first-order chi connectivity index (χ1) is 7.70. The molecule has 0 radical (unpaired) electrons. The van der Waals surface area contributed by atoms with Gasteiger partial charge in [-0.2, -0.15) is 0 Å². The molecular formula is C11H15N3O2. The van der Waals surface area contributed by atoms with Gasteiger partial charge in [0.15, 0.2) is 0 Å². The molecule has 86 valence electrons. The highest BCUT2D eigenvalue weighted by Gasteiger charge is 2.33. The van der Waals surface area contributed by atoms with Gasteiger partial charge in [0, 0.05) is 18.8 Å². The summed E-state index contributed by atoms with van der Waals surface area (Å²) in [6.45, 7) is 2.81. The molecule has 0 aliphatic carbocycles. The molecule has 1 aromatic heterocycles. The van der Waals surface area contributed by atoms with E-state index in [0.717, 1.165) is 25.2 Å². The number of aromatic nitrogens is 2. The Kier molecular flexibility index (Phi) is 3.03. The molecule has 1 N–H and O–H groups in total. The lowest BCUT2D eigenvalue weighted by Gasteiger charge is -2.38. The largest absolute Gasteiger partial charge is 0.481 e. The normalized spacial score (nSPS) is 25.4. The minimum absolute atomic E-state index is 0.0128. The smallest absolute Gasteiger partial charge is 0.308 e. The third-order valence-electron chi connectivity index (χ3n) is 3.17. The number of aliphatic carboxylic acids is 1. The predicted molar refractivity (Wildman–Crippen MR) is 59.2 cm³/mol. The molecule has 2 atom stereocenters. The second-order valence-electron chi connectivity index (χ2n) is 4.09. The zero-order chi connectivity index (χ0) is 11.5. The first kappa shape index (κ1) is 10.9. The van der Waals surface area contributed by atoms with Crippen LogP contribution in [0.1, 0.15) is 19.8 Å². The standard InChI is InChI=1S/C11H15N3O2/c1-8-9(11(15)16)3-2-6-14(8)10-4-5-12-7-13-10/h4-5,7-9H,2-3,6H2,1H3,(H,15,16)/t8-,9+/m1/s1. The average Bonchev–Trinajstić information content (AvgIpc) is 2.30. The summed E-state index contributed by atoms with van der Waals surface area (Å²) >= 11 is 0. The van der Waals surface area contributed by atoms with Gasteiger partial charge in [-0.15, -0.1) is 0 Å². The van der Waals surface area contributed by atoms with Crippen molar-refractivity contribution in [2.75, 3.05) is 11.4 Å². The third-order valence-corrected chi connectivity index (χ3v) is 3.17. The maximum Gasteiger partial charge on any atom is 0.308 e. The SMILES string of the molecule is C[C@@H]1[C@@H](C(=O)O)CCCN1c1ccncn1. The van der Waals surface area contributed by atoms with Gasteiger partial charge in [0.1, 0.15) is 12.1 Å². The zero-order valence-corrected chi connectivity index (χ0v) is 9.21. The molecule has 1 saturated heterocycles. The van der Waals surface area contributed by atoms with Crippen molar-refractivity contribution in [3.63, 3.8) is 0 Å². The lowest BCUT2D eigenvalue weighted by molar-refractivity contribution is -0.143. The monoisotopic (exact) mass is 221 g/mol. The van der Waals surface area contributed by atoms with Crippen LogP contribution in [0.4, 0.5) is 5.82 Å². The molecule has 0 unspecified atom stereocenters. The highest BCUT2D eigenvalue weighted by Crippen LogP contribution is 2.27. The Hall–Kier alpha value is -1.65. The van der Waals surface area contributed by atoms with Gasteiger partial charge < -0.3 is 10.0 Å². The number of carboxylic acids is 1. The molecule has 2 rings (SSSR count). The molecule has 1 aromatic rings. The molecule has 5 heteroatoms. The predicted octanol–water partition coefficient (Wildman–Crippen LogP) is 1.17. The fraction of sp³-hybridized carbons (Fsp3) is 0.545. The van der Waals surface area contributed by atoms with Gasteiger partial charge in [-0.1, -0.05) is 0 Å². The van der Waals surface area contributed by atoms with Crippen LogP contribution in [-0.4, -0.2) is 33.6 Å². The Morgan fingerprint density at radius 3 is 3.06 bits per heavy atom. The maximum atomic E-state index is 11.1. The van der Waals surface area contributed by atoms with Crippen LogP contribution in [0.15, 0.2) is 18.6 Å². The molecule has 0 spiro atoms. The lowest BCUT2D eigenvalue weighted by atomic mass is 9.90. The number of carboxylic acid groups (broad SMARTS) is 1. The van der Waals surface area contributed by atoms with Crippen LogP contribution >= 0.6 is 0 Å². The summed E-state index contributed by atoms with van der Waals surface area (Å²) in [4.78, 5) is 21.2. The van der Waals surface area contributed by atoms with E-state index in [1.165, 1.54) is 6.33 Å². The van der Waals surface area contributed by atoms with Gasteiger partial charge in [0.2, 0.25) is 0 Å². The number of nitrogens with zero attached hydrogens (tertiary/aromatic N) is 3. The van der Waals surface area contributed by atoms with Crippen molar-refractivity contribution in [3.05, 3.63) is 18.6 Å². The van der Waals surface area contributed by atoms with Crippen molar-refractivity contribution in [1.29, 1.82) is 0 Å². The van der Waals surface area contributed by atoms with E-state index < -0.39 is 5.97 Å². The fourth-order valence-electron chi connectivity index (χ4n) is 2.25. The molecule has 0 aromatic carbocycles. The van der Waals surface area contributed by atoms with Gasteiger partial charge in [-0.05, 0) is 25.8 Å². The van der Waals surface area contributed by atoms with E-state index in [-0.39, 0.29) is 12.0 Å². The van der Waals surface area contributed by atoms with Gasteiger partial charge in [0.05, 0.1) is 5.92 Å². The van der Waals surface area contributed by atoms with Crippen molar-refractivity contribution in [1.82, 2.24) is 9.97 Å². The summed E-state index contributed by atoms with van der Waals surface area (Å²) in [6, 6.07) is 1.81. The maximum absolute atomic E-state index is 11.1. The molecule has 0 amide bonds. The molecule has 2 heterocycles. The first-order valence-corrected chi connectivity index (χ1v) is 5.45. The van der Waals surface area contributed by atoms with Crippen molar-refractivity contribution >= 4 is 11.8 Å². The molecular weight excluding hydrogens is 206 g/mol. The van der Waals surface area contributed by atoms with E-state index in [0.29, 0.717) is 0 Å².